The molecule has 0 spiro atoms. The van der Waals surface area contributed by atoms with E-state index in [9.17, 15) is 15.3 Å². The quantitative estimate of drug-likeness (QED) is 0.121. The molecule has 29 heavy (non-hydrogen) atoms. The molecule has 162 valence electrons. The van der Waals surface area contributed by atoms with Crippen molar-refractivity contribution in [3.8, 4) is 23.0 Å². The van der Waals surface area contributed by atoms with Crippen molar-refractivity contribution in [2.45, 2.75) is 77.6 Å². The summed E-state index contributed by atoms with van der Waals surface area (Å²) in [5.74, 6) is -0.329. The molecule has 3 N–H and O–H groups in total. The van der Waals surface area contributed by atoms with Crippen LogP contribution in [0.5, 0.6) is 23.0 Å². The third kappa shape index (κ3) is 10.1. The molecule has 0 unspecified atom stereocenters. The summed E-state index contributed by atoms with van der Waals surface area (Å²) in [5, 5.41) is 30.0. The number of unbranched alkanes of at least 4 members (excludes halogenated alkanes) is 7. The molecule has 0 aliphatic carbocycles. The van der Waals surface area contributed by atoms with Gasteiger partial charge in [0.05, 0.1) is 6.61 Å². The highest BCUT2D eigenvalue weighted by Crippen LogP contribution is 2.43. The monoisotopic (exact) mass is 402 g/mol. The molecule has 1 rings (SSSR count). The Kier molecular flexibility index (Phi) is 13.2. The van der Waals surface area contributed by atoms with Gasteiger partial charge < -0.3 is 20.1 Å². The zero-order valence-corrected chi connectivity index (χ0v) is 17.9. The molecule has 4 heteroatoms. The Morgan fingerprint density at radius 2 is 1.45 bits per heavy atom. The summed E-state index contributed by atoms with van der Waals surface area (Å²) < 4.78 is 5.31. The van der Waals surface area contributed by atoms with E-state index in [0.29, 0.717) is 18.6 Å². The molecule has 1 aromatic rings. The molecular weight excluding hydrogens is 364 g/mol. The Bertz CT molecular complexity index is 647. The van der Waals surface area contributed by atoms with Gasteiger partial charge in [-0.05, 0) is 45.4 Å². The minimum Gasteiger partial charge on any atom is -0.504 e. The van der Waals surface area contributed by atoms with Gasteiger partial charge >= 0.3 is 0 Å². The number of rotatable bonds is 16. The second-order valence-corrected chi connectivity index (χ2v) is 7.22. The van der Waals surface area contributed by atoms with Gasteiger partial charge in [-0.15, -0.1) is 6.58 Å². The summed E-state index contributed by atoms with van der Waals surface area (Å²) in [7, 11) is 0. The first-order valence-electron chi connectivity index (χ1n) is 10.9. The molecule has 0 atom stereocenters. The van der Waals surface area contributed by atoms with Crippen LogP contribution in [0.4, 0.5) is 0 Å². The fourth-order valence-corrected chi connectivity index (χ4v) is 3.21. The highest BCUT2D eigenvalue weighted by Gasteiger charge is 2.17. The van der Waals surface area contributed by atoms with Crippen LogP contribution in [0.1, 0.15) is 76.7 Å². The van der Waals surface area contributed by atoms with Crippen molar-refractivity contribution in [3.05, 3.63) is 48.6 Å². The third-order valence-electron chi connectivity index (χ3n) is 4.82. The number of hydrogen-bond donors (Lipinski definition) is 3. The van der Waals surface area contributed by atoms with E-state index in [1.165, 1.54) is 31.7 Å². The van der Waals surface area contributed by atoms with E-state index in [0.717, 1.165) is 38.5 Å². The van der Waals surface area contributed by atoms with Gasteiger partial charge in [-0.25, -0.2) is 0 Å². The number of phenols is 3. The predicted molar refractivity (Wildman–Crippen MR) is 121 cm³/mol. The molecule has 0 heterocycles. The van der Waals surface area contributed by atoms with Crippen LogP contribution in [0.25, 0.3) is 0 Å². The molecular formula is C25H38O4. The van der Waals surface area contributed by atoms with Gasteiger partial charge in [0, 0.05) is 11.6 Å². The summed E-state index contributed by atoms with van der Waals surface area (Å²) in [6.45, 7) is 5.89. The normalized spacial score (nSPS) is 11.5. The largest absolute Gasteiger partial charge is 0.504 e. The molecule has 0 amide bonds. The Labute approximate surface area is 176 Å². The number of ether oxygens (including phenoxy) is 1. The molecule has 0 fully saturated rings. The van der Waals surface area contributed by atoms with Crippen LogP contribution in [-0.4, -0.2) is 21.9 Å². The second-order valence-electron chi connectivity index (χ2n) is 7.22. The lowest BCUT2D eigenvalue weighted by Gasteiger charge is -2.13. The first kappa shape index (κ1) is 24.7. The average Bonchev–Trinajstić information content (AvgIpc) is 2.71. The smallest absolute Gasteiger partial charge is 0.165 e. The summed E-state index contributed by atoms with van der Waals surface area (Å²) in [6.07, 6.45) is 22.3. The zero-order chi connectivity index (χ0) is 21.3. The molecule has 0 saturated carbocycles. The van der Waals surface area contributed by atoms with E-state index < -0.39 is 0 Å². The van der Waals surface area contributed by atoms with Crippen LogP contribution in [0.15, 0.2) is 43.0 Å². The maximum Gasteiger partial charge on any atom is 0.165 e. The fraction of sp³-hybridized carbons (Fsp3) is 0.520. The van der Waals surface area contributed by atoms with Gasteiger partial charge in [0.2, 0.25) is 0 Å². The summed E-state index contributed by atoms with van der Waals surface area (Å²) in [5.41, 5.74) is 0.375. The highest BCUT2D eigenvalue weighted by molar-refractivity contribution is 5.59. The minimum atomic E-state index is -0.247. The van der Waals surface area contributed by atoms with Gasteiger partial charge in [0.15, 0.2) is 23.0 Å². The van der Waals surface area contributed by atoms with Gasteiger partial charge in [-0.3, -0.25) is 0 Å². The van der Waals surface area contributed by atoms with Gasteiger partial charge in [0.1, 0.15) is 0 Å². The summed E-state index contributed by atoms with van der Waals surface area (Å²) in [4.78, 5) is 0. The van der Waals surface area contributed by atoms with E-state index in [-0.39, 0.29) is 23.0 Å². The lowest BCUT2D eigenvalue weighted by atomic mass is 10.0. The lowest BCUT2D eigenvalue weighted by Crippen LogP contribution is -1.96. The van der Waals surface area contributed by atoms with Crippen LogP contribution in [0.3, 0.4) is 0 Å². The van der Waals surface area contributed by atoms with Crippen molar-refractivity contribution in [2.24, 2.45) is 0 Å². The van der Waals surface area contributed by atoms with E-state index >= 15 is 0 Å². The minimum absolute atomic E-state index is 0.0635. The van der Waals surface area contributed by atoms with Crippen LogP contribution in [0.2, 0.25) is 0 Å². The molecule has 0 bridgehead atoms. The summed E-state index contributed by atoms with van der Waals surface area (Å²) in [6, 6.07) is 1.26. The van der Waals surface area contributed by atoms with Crippen molar-refractivity contribution in [3.63, 3.8) is 0 Å². The van der Waals surface area contributed by atoms with Crippen LogP contribution in [-0.2, 0) is 6.42 Å². The maximum atomic E-state index is 10.2. The van der Waals surface area contributed by atoms with Crippen LogP contribution >= 0.6 is 0 Å². The molecule has 0 saturated heterocycles. The first-order valence-corrected chi connectivity index (χ1v) is 10.9. The first-order chi connectivity index (χ1) is 14.1. The molecule has 4 nitrogen and oxygen atoms in total. The van der Waals surface area contributed by atoms with Crippen LogP contribution in [0, 0.1) is 0 Å². The van der Waals surface area contributed by atoms with E-state index in [1.54, 1.807) is 0 Å². The average molecular weight is 403 g/mol. The van der Waals surface area contributed by atoms with Crippen LogP contribution < -0.4 is 4.74 Å². The second kappa shape index (κ2) is 15.5. The predicted octanol–water partition coefficient (Wildman–Crippen LogP) is 6.94. The van der Waals surface area contributed by atoms with Crippen molar-refractivity contribution in [1.82, 2.24) is 0 Å². The zero-order valence-electron chi connectivity index (χ0n) is 17.9. The number of hydrogen-bond acceptors (Lipinski definition) is 4. The lowest BCUT2D eigenvalue weighted by molar-refractivity contribution is 0.309. The fourth-order valence-electron chi connectivity index (χ4n) is 3.21. The SMILES string of the molecule is C=CCC=CCC=CCCCCCCCCCc1c(O)c(O)cc(OCC)c1O. The van der Waals surface area contributed by atoms with Gasteiger partial charge in [-0.1, -0.05) is 62.5 Å². The summed E-state index contributed by atoms with van der Waals surface area (Å²) >= 11 is 0. The number of allylic oxidation sites excluding steroid dienone is 5. The Morgan fingerprint density at radius 3 is 2.14 bits per heavy atom. The topological polar surface area (TPSA) is 69.9 Å². The van der Waals surface area contributed by atoms with Crippen molar-refractivity contribution < 1.29 is 20.1 Å². The van der Waals surface area contributed by atoms with Crippen molar-refractivity contribution >= 4 is 0 Å². The van der Waals surface area contributed by atoms with E-state index in [1.807, 2.05) is 13.0 Å². The van der Waals surface area contributed by atoms with Crippen molar-refractivity contribution in [2.75, 3.05) is 6.61 Å². The Hall–Kier alpha value is -2.36. The molecule has 0 radical (unpaired) electrons. The molecule has 0 aromatic heterocycles. The Morgan fingerprint density at radius 1 is 0.828 bits per heavy atom. The van der Waals surface area contributed by atoms with Gasteiger partial charge in [0.25, 0.3) is 0 Å². The van der Waals surface area contributed by atoms with E-state index in [2.05, 4.69) is 30.9 Å². The number of benzene rings is 1. The number of phenolic OH excluding ortho intramolecular Hbond substituents is 3. The molecule has 1 aromatic carbocycles. The van der Waals surface area contributed by atoms with Gasteiger partial charge in [-0.2, -0.15) is 0 Å². The Balaban J connectivity index is 2.13. The highest BCUT2D eigenvalue weighted by atomic mass is 16.5. The number of aromatic hydroxyl groups is 3. The third-order valence-corrected chi connectivity index (χ3v) is 4.82. The van der Waals surface area contributed by atoms with E-state index in [4.69, 9.17) is 4.74 Å². The maximum absolute atomic E-state index is 10.2. The molecule has 0 aliphatic heterocycles. The molecule has 0 aliphatic rings. The standard InChI is InChI=1S/C25H38O4/c1-3-5-6-7-8-9-10-11-12-13-14-15-16-17-18-19-21-24(27)22(26)20-23(25(21)28)29-4-2/h3,6-7,9-10,20,26-28H,1,4-5,8,11-19H2,2H3. The van der Waals surface area contributed by atoms with Crippen molar-refractivity contribution in [1.29, 1.82) is 0 Å².